The summed E-state index contributed by atoms with van der Waals surface area (Å²) in [7, 11) is 0. The van der Waals surface area contributed by atoms with Gasteiger partial charge in [-0.15, -0.1) is 0 Å². The lowest BCUT2D eigenvalue weighted by Crippen LogP contribution is -2.61. The van der Waals surface area contributed by atoms with Crippen LogP contribution in [-0.2, 0) is 16.1 Å². The van der Waals surface area contributed by atoms with E-state index in [1.807, 2.05) is 6.92 Å². The van der Waals surface area contributed by atoms with Gasteiger partial charge in [0.15, 0.2) is 0 Å². The van der Waals surface area contributed by atoms with Crippen LogP contribution in [-0.4, -0.2) is 17.3 Å². The molecule has 3 atom stereocenters. The molecule has 2 saturated heterocycles. The minimum Gasteiger partial charge on any atom is -0.370 e. The Morgan fingerprint density at radius 2 is 1.90 bits per heavy atom. The molecule has 4 heteroatoms. The van der Waals surface area contributed by atoms with Crippen molar-refractivity contribution in [2.75, 3.05) is 0 Å². The maximum atomic E-state index is 13.7. The first-order valence-corrected chi connectivity index (χ1v) is 7.56. The Morgan fingerprint density at radius 1 is 1.24 bits per heavy atom. The summed E-state index contributed by atoms with van der Waals surface area (Å²) in [5, 5.41) is 0. The third kappa shape index (κ3) is 2.59. The summed E-state index contributed by atoms with van der Waals surface area (Å²) < 4.78 is 39.4. The summed E-state index contributed by atoms with van der Waals surface area (Å²) in [4.78, 5) is 0. The number of fused-ring (bicyclic) bond motifs is 3. The molecule has 1 aromatic rings. The highest BCUT2D eigenvalue weighted by atomic mass is 19.1. The van der Waals surface area contributed by atoms with E-state index in [9.17, 15) is 8.78 Å². The molecule has 3 aliphatic rings. The highest BCUT2D eigenvalue weighted by Crippen LogP contribution is 2.50. The van der Waals surface area contributed by atoms with Gasteiger partial charge in [-0.05, 0) is 58.1 Å². The zero-order valence-electron chi connectivity index (χ0n) is 12.8. The SMILES string of the molecule is CC1(C)OC2(C)CCC1CC2OCc1c(F)cccc1F. The van der Waals surface area contributed by atoms with Crippen LogP contribution in [0.25, 0.3) is 0 Å². The van der Waals surface area contributed by atoms with Crippen LogP contribution in [0.2, 0.25) is 0 Å². The fourth-order valence-corrected chi connectivity index (χ4v) is 3.78. The summed E-state index contributed by atoms with van der Waals surface area (Å²) in [6.45, 7) is 6.23. The average molecular weight is 296 g/mol. The van der Waals surface area contributed by atoms with Crippen LogP contribution in [0, 0.1) is 17.6 Å². The minimum absolute atomic E-state index is 0.00167. The van der Waals surface area contributed by atoms with E-state index in [1.165, 1.54) is 18.2 Å². The Labute approximate surface area is 124 Å². The van der Waals surface area contributed by atoms with Gasteiger partial charge in [0, 0.05) is 5.56 Å². The summed E-state index contributed by atoms with van der Waals surface area (Å²) in [6, 6.07) is 3.88. The molecular weight excluding hydrogens is 274 g/mol. The van der Waals surface area contributed by atoms with Crippen LogP contribution >= 0.6 is 0 Å². The van der Waals surface area contributed by atoms with Crippen molar-refractivity contribution >= 4 is 0 Å². The average Bonchev–Trinajstić information content (AvgIpc) is 2.38. The number of ether oxygens (including phenoxy) is 2. The summed E-state index contributed by atoms with van der Waals surface area (Å²) in [5.41, 5.74) is -0.502. The molecule has 1 aliphatic carbocycles. The predicted octanol–water partition coefficient (Wildman–Crippen LogP) is 4.22. The molecule has 3 unspecified atom stereocenters. The van der Waals surface area contributed by atoms with Gasteiger partial charge in [0.2, 0.25) is 0 Å². The third-order valence-corrected chi connectivity index (χ3v) is 5.14. The lowest BCUT2D eigenvalue weighted by atomic mass is 9.67. The number of hydrogen-bond donors (Lipinski definition) is 0. The van der Waals surface area contributed by atoms with Crippen molar-refractivity contribution in [1.82, 2.24) is 0 Å². The van der Waals surface area contributed by atoms with Gasteiger partial charge in [-0.2, -0.15) is 0 Å². The molecule has 0 radical (unpaired) electrons. The van der Waals surface area contributed by atoms with Gasteiger partial charge in [0.05, 0.1) is 23.9 Å². The first-order valence-electron chi connectivity index (χ1n) is 7.56. The molecule has 2 aliphatic heterocycles. The zero-order valence-corrected chi connectivity index (χ0v) is 12.8. The molecule has 2 bridgehead atoms. The quantitative estimate of drug-likeness (QED) is 0.831. The van der Waals surface area contributed by atoms with Crippen LogP contribution in [0.5, 0.6) is 0 Å². The smallest absolute Gasteiger partial charge is 0.131 e. The maximum absolute atomic E-state index is 13.7. The van der Waals surface area contributed by atoms with Gasteiger partial charge in [0.1, 0.15) is 11.6 Å². The summed E-state index contributed by atoms with van der Waals surface area (Å²) >= 11 is 0. The standard InChI is InChI=1S/C17H22F2O2/c1-16(2)11-7-8-17(3,21-16)15(9-11)20-10-12-13(18)5-4-6-14(12)19/h4-6,11,15H,7-10H2,1-3H3. The second-order valence-electron chi connectivity index (χ2n) is 6.99. The van der Waals surface area contributed by atoms with Crippen molar-refractivity contribution < 1.29 is 18.3 Å². The van der Waals surface area contributed by atoms with Crippen LogP contribution in [0.15, 0.2) is 18.2 Å². The highest BCUT2D eigenvalue weighted by Gasteiger charge is 2.54. The second-order valence-corrected chi connectivity index (χ2v) is 6.99. The number of hydrogen-bond acceptors (Lipinski definition) is 2. The van der Waals surface area contributed by atoms with Crippen LogP contribution in [0.1, 0.15) is 45.6 Å². The van der Waals surface area contributed by atoms with Crippen molar-refractivity contribution in [1.29, 1.82) is 0 Å². The largest absolute Gasteiger partial charge is 0.370 e. The Morgan fingerprint density at radius 3 is 2.48 bits per heavy atom. The highest BCUT2D eigenvalue weighted by molar-refractivity contribution is 5.19. The lowest BCUT2D eigenvalue weighted by molar-refractivity contribution is -0.284. The van der Waals surface area contributed by atoms with E-state index in [0.717, 1.165) is 19.3 Å². The van der Waals surface area contributed by atoms with Gasteiger partial charge in [-0.3, -0.25) is 0 Å². The molecule has 3 fully saturated rings. The molecule has 4 rings (SSSR count). The number of benzene rings is 1. The molecule has 0 N–H and O–H groups in total. The van der Waals surface area contributed by atoms with E-state index in [1.54, 1.807) is 0 Å². The third-order valence-electron chi connectivity index (χ3n) is 5.14. The molecule has 116 valence electrons. The Bertz CT molecular complexity index is 523. The van der Waals surface area contributed by atoms with Gasteiger partial charge in [-0.25, -0.2) is 8.78 Å². The monoisotopic (exact) mass is 296 g/mol. The molecular formula is C17H22F2O2. The Balaban J connectivity index is 1.72. The van der Waals surface area contributed by atoms with Crippen LogP contribution in [0.4, 0.5) is 8.78 Å². The summed E-state index contributed by atoms with van der Waals surface area (Å²) in [5.74, 6) is -0.667. The normalized spacial score (nSPS) is 34.1. The molecule has 2 heterocycles. The van der Waals surface area contributed by atoms with E-state index < -0.39 is 11.6 Å². The van der Waals surface area contributed by atoms with Gasteiger partial charge < -0.3 is 9.47 Å². The molecule has 2 nitrogen and oxygen atoms in total. The predicted molar refractivity (Wildman–Crippen MR) is 75.8 cm³/mol. The molecule has 0 spiro atoms. The van der Waals surface area contributed by atoms with E-state index in [4.69, 9.17) is 9.47 Å². The Kier molecular flexibility index (Phi) is 3.57. The molecule has 21 heavy (non-hydrogen) atoms. The van der Waals surface area contributed by atoms with E-state index in [0.29, 0.717) is 5.92 Å². The molecule has 0 amide bonds. The number of halogens is 2. The van der Waals surface area contributed by atoms with Crippen molar-refractivity contribution in [2.45, 2.75) is 63.9 Å². The fourth-order valence-electron chi connectivity index (χ4n) is 3.78. The molecule has 0 aromatic heterocycles. The first-order chi connectivity index (χ1) is 9.82. The topological polar surface area (TPSA) is 18.5 Å². The van der Waals surface area contributed by atoms with Crippen molar-refractivity contribution in [3.63, 3.8) is 0 Å². The second kappa shape index (κ2) is 5.03. The Hall–Kier alpha value is -1.00. The van der Waals surface area contributed by atoms with E-state index >= 15 is 0 Å². The summed E-state index contributed by atoms with van der Waals surface area (Å²) in [6.07, 6.45) is 2.84. The molecule has 1 aromatic carbocycles. The van der Waals surface area contributed by atoms with Crippen LogP contribution < -0.4 is 0 Å². The van der Waals surface area contributed by atoms with Crippen molar-refractivity contribution in [3.05, 3.63) is 35.4 Å². The minimum atomic E-state index is -0.553. The van der Waals surface area contributed by atoms with E-state index in [2.05, 4.69) is 13.8 Å². The molecule has 1 saturated carbocycles. The van der Waals surface area contributed by atoms with E-state index in [-0.39, 0.29) is 29.5 Å². The lowest BCUT2D eigenvalue weighted by Gasteiger charge is -2.57. The fraction of sp³-hybridized carbons (Fsp3) is 0.647. The zero-order chi connectivity index (χ0) is 15.3. The van der Waals surface area contributed by atoms with Gasteiger partial charge in [-0.1, -0.05) is 6.07 Å². The maximum Gasteiger partial charge on any atom is 0.131 e. The van der Waals surface area contributed by atoms with Crippen molar-refractivity contribution in [2.24, 2.45) is 5.92 Å². The van der Waals surface area contributed by atoms with Gasteiger partial charge in [0.25, 0.3) is 0 Å². The van der Waals surface area contributed by atoms with Crippen molar-refractivity contribution in [3.8, 4) is 0 Å². The van der Waals surface area contributed by atoms with Gasteiger partial charge >= 0.3 is 0 Å². The van der Waals surface area contributed by atoms with Crippen LogP contribution in [0.3, 0.4) is 0 Å². The number of rotatable bonds is 3. The first kappa shape index (κ1) is 14.9.